The third-order valence-electron chi connectivity index (χ3n) is 3.23. The van der Waals surface area contributed by atoms with Crippen LogP contribution in [0.1, 0.15) is 5.56 Å². The molecule has 1 aromatic carbocycles. The van der Waals surface area contributed by atoms with Gasteiger partial charge < -0.3 is 5.32 Å². The number of benzene rings is 1. The van der Waals surface area contributed by atoms with Gasteiger partial charge in [-0.1, -0.05) is 12.1 Å². The van der Waals surface area contributed by atoms with Gasteiger partial charge in [0.25, 0.3) is 0 Å². The molecule has 2 nitrogen and oxygen atoms in total. The maximum Gasteiger partial charge on any atom is 0.394 e. The minimum atomic E-state index is -4.20. The molecule has 0 bridgehead atoms. The number of nitrogens with zero attached hydrogens (tertiary/aromatic N) is 1. The predicted octanol–water partition coefficient (Wildman–Crippen LogP) is 2.41. The van der Waals surface area contributed by atoms with Gasteiger partial charge in [0.05, 0.1) is 5.92 Å². The molecule has 1 N–H and O–H groups in total. The van der Waals surface area contributed by atoms with E-state index in [4.69, 9.17) is 0 Å². The Morgan fingerprint density at radius 2 is 2.11 bits per heavy atom. The van der Waals surface area contributed by atoms with Crippen molar-refractivity contribution in [2.45, 2.75) is 12.7 Å². The van der Waals surface area contributed by atoms with Crippen LogP contribution in [-0.4, -0.2) is 37.3 Å². The van der Waals surface area contributed by atoms with Crippen molar-refractivity contribution in [1.29, 1.82) is 0 Å². The summed E-state index contributed by atoms with van der Waals surface area (Å²) in [4.78, 5) is 1.72. The lowest BCUT2D eigenvalue weighted by molar-refractivity contribution is -0.176. The highest BCUT2D eigenvalue weighted by atomic mass is 19.4. The van der Waals surface area contributed by atoms with Gasteiger partial charge in [-0.15, -0.1) is 0 Å². The largest absolute Gasteiger partial charge is 0.394 e. The lowest BCUT2D eigenvalue weighted by atomic mass is 10.1. The minimum absolute atomic E-state index is 0.0486. The second kappa shape index (κ2) is 5.88. The molecule has 1 aromatic rings. The van der Waals surface area contributed by atoms with Crippen LogP contribution in [-0.2, 0) is 6.54 Å². The van der Waals surface area contributed by atoms with E-state index in [-0.39, 0.29) is 18.9 Å². The number of hydrogen-bond donors (Lipinski definition) is 1. The molecule has 1 aliphatic rings. The first-order chi connectivity index (χ1) is 8.95. The van der Waals surface area contributed by atoms with E-state index in [1.165, 1.54) is 12.1 Å². The smallest absolute Gasteiger partial charge is 0.315 e. The van der Waals surface area contributed by atoms with Gasteiger partial charge in [0, 0.05) is 32.7 Å². The van der Waals surface area contributed by atoms with Crippen molar-refractivity contribution in [3.05, 3.63) is 35.6 Å². The van der Waals surface area contributed by atoms with Crippen LogP contribution in [0.2, 0.25) is 0 Å². The van der Waals surface area contributed by atoms with Gasteiger partial charge in [-0.2, -0.15) is 13.2 Å². The molecular weight excluding hydrogens is 260 g/mol. The first-order valence-corrected chi connectivity index (χ1v) is 6.19. The van der Waals surface area contributed by atoms with E-state index in [1.807, 2.05) is 0 Å². The zero-order chi connectivity index (χ0) is 13.9. The molecule has 1 aliphatic heterocycles. The number of hydrogen-bond acceptors (Lipinski definition) is 2. The molecule has 1 unspecified atom stereocenters. The predicted molar refractivity (Wildman–Crippen MR) is 64.1 cm³/mol. The first-order valence-electron chi connectivity index (χ1n) is 6.19. The normalized spacial score (nSPS) is 22.2. The van der Waals surface area contributed by atoms with Gasteiger partial charge in [0.1, 0.15) is 5.82 Å². The molecule has 6 heteroatoms. The molecule has 0 amide bonds. The quantitative estimate of drug-likeness (QED) is 0.835. The average Bonchev–Trinajstić information content (AvgIpc) is 2.54. The second-order valence-corrected chi connectivity index (χ2v) is 4.81. The summed E-state index contributed by atoms with van der Waals surface area (Å²) in [7, 11) is 0. The summed E-state index contributed by atoms with van der Waals surface area (Å²) in [5.74, 6) is -1.73. The molecule has 1 saturated heterocycles. The van der Waals surface area contributed by atoms with E-state index in [2.05, 4.69) is 5.32 Å². The topological polar surface area (TPSA) is 15.3 Å². The molecular formula is C13H16F4N2. The molecule has 0 saturated carbocycles. The highest BCUT2D eigenvalue weighted by molar-refractivity contribution is 5.16. The summed E-state index contributed by atoms with van der Waals surface area (Å²) in [5.41, 5.74) is 0.697. The highest BCUT2D eigenvalue weighted by Gasteiger charge is 2.40. The van der Waals surface area contributed by atoms with E-state index < -0.39 is 12.1 Å². The van der Waals surface area contributed by atoms with Crippen molar-refractivity contribution in [2.24, 2.45) is 5.92 Å². The number of rotatable bonds is 2. The first kappa shape index (κ1) is 14.3. The Morgan fingerprint density at radius 3 is 2.79 bits per heavy atom. The van der Waals surface area contributed by atoms with Crippen LogP contribution >= 0.6 is 0 Å². The molecule has 106 valence electrons. The Morgan fingerprint density at radius 1 is 1.32 bits per heavy atom. The Bertz CT molecular complexity index is 419. The lowest BCUT2D eigenvalue weighted by Crippen LogP contribution is -2.37. The van der Waals surface area contributed by atoms with Gasteiger partial charge in [-0.05, 0) is 17.7 Å². The van der Waals surface area contributed by atoms with Crippen LogP contribution in [0.25, 0.3) is 0 Å². The Labute approximate surface area is 109 Å². The van der Waals surface area contributed by atoms with Crippen molar-refractivity contribution in [1.82, 2.24) is 10.2 Å². The third-order valence-corrected chi connectivity index (χ3v) is 3.23. The van der Waals surface area contributed by atoms with E-state index in [0.717, 1.165) is 0 Å². The summed E-state index contributed by atoms with van der Waals surface area (Å²) < 4.78 is 51.4. The fourth-order valence-electron chi connectivity index (χ4n) is 2.24. The number of alkyl halides is 3. The Kier molecular flexibility index (Phi) is 4.42. The van der Waals surface area contributed by atoms with Crippen molar-refractivity contribution in [2.75, 3.05) is 26.2 Å². The molecule has 0 aliphatic carbocycles. The van der Waals surface area contributed by atoms with Gasteiger partial charge in [0.15, 0.2) is 0 Å². The van der Waals surface area contributed by atoms with Crippen molar-refractivity contribution >= 4 is 0 Å². The molecule has 19 heavy (non-hydrogen) atoms. The molecule has 0 radical (unpaired) electrons. The molecule has 1 fully saturated rings. The molecule has 2 rings (SSSR count). The summed E-state index contributed by atoms with van der Waals surface area (Å²) in [6, 6.07) is 5.99. The monoisotopic (exact) mass is 276 g/mol. The summed E-state index contributed by atoms with van der Waals surface area (Å²) in [6.07, 6.45) is -4.20. The van der Waals surface area contributed by atoms with Gasteiger partial charge in [-0.25, -0.2) is 4.39 Å². The number of nitrogens with one attached hydrogen (secondary N) is 1. The average molecular weight is 276 g/mol. The zero-order valence-corrected chi connectivity index (χ0v) is 10.4. The van der Waals surface area contributed by atoms with Crippen LogP contribution in [0, 0.1) is 11.7 Å². The van der Waals surface area contributed by atoms with Crippen LogP contribution in [0.4, 0.5) is 17.6 Å². The van der Waals surface area contributed by atoms with Crippen molar-refractivity contribution < 1.29 is 17.6 Å². The van der Waals surface area contributed by atoms with Crippen LogP contribution < -0.4 is 5.32 Å². The van der Waals surface area contributed by atoms with Crippen molar-refractivity contribution in [3.63, 3.8) is 0 Å². The van der Waals surface area contributed by atoms with Crippen LogP contribution in [0.5, 0.6) is 0 Å². The highest BCUT2D eigenvalue weighted by Crippen LogP contribution is 2.27. The van der Waals surface area contributed by atoms with E-state index >= 15 is 0 Å². The standard InChI is InChI=1S/C13H16F4N2/c14-12-3-1-2-10(6-12)8-19-5-4-18-7-11(9-19)13(15,16)17/h1-3,6,11,18H,4-5,7-9H2. The van der Waals surface area contributed by atoms with Crippen LogP contribution in [0.3, 0.4) is 0 Å². The maximum absolute atomic E-state index is 13.1. The molecule has 0 aromatic heterocycles. The summed E-state index contributed by atoms with van der Waals surface area (Å²) in [5, 5.41) is 2.80. The van der Waals surface area contributed by atoms with Gasteiger partial charge >= 0.3 is 6.18 Å². The van der Waals surface area contributed by atoms with Gasteiger partial charge in [-0.3, -0.25) is 4.90 Å². The third kappa shape index (κ3) is 4.18. The zero-order valence-electron chi connectivity index (χ0n) is 10.4. The van der Waals surface area contributed by atoms with Crippen LogP contribution in [0.15, 0.2) is 24.3 Å². The SMILES string of the molecule is Fc1cccc(CN2CCNCC(C(F)(F)F)C2)c1. The summed E-state index contributed by atoms with van der Waals surface area (Å²) in [6.45, 7) is 1.28. The minimum Gasteiger partial charge on any atom is -0.315 e. The Hall–Kier alpha value is -1.14. The van der Waals surface area contributed by atoms with Gasteiger partial charge in [0.2, 0.25) is 0 Å². The van der Waals surface area contributed by atoms with E-state index in [0.29, 0.717) is 25.2 Å². The second-order valence-electron chi connectivity index (χ2n) is 4.81. The van der Waals surface area contributed by atoms with E-state index in [9.17, 15) is 17.6 Å². The fraction of sp³-hybridized carbons (Fsp3) is 0.538. The molecule has 1 atom stereocenters. The lowest BCUT2D eigenvalue weighted by Gasteiger charge is -2.25. The summed E-state index contributed by atoms with van der Waals surface area (Å²) >= 11 is 0. The molecule has 1 heterocycles. The van der Waals surface area contributed by atoms with E-state index in [1.54, 1.807) is 17.0 Å². The fourth-order valence-corrected chi connectivity index (χ4v) is 2.24. The molecule has 0 spiro atoms. The maximum atomic E-state index is 13.1. The van der Waals surface area contributed by atoms with Crippen molar-refractivity contribution in [3.8, 4) is 0 Å². The number of halogens is 4. The Balaban J connectivity index is 2.02.